The third-order valence-electron chi connectivity index (χ3n) is 6.65. The minimum atomic E-state index is -0.248. The van der Waals surface area contributed by atoms with Crippen LogP contribution in [0.1, 0.15) is 80.3 Å². The molecule has 1 saturated carbocycles. The normalized spacial score (nSPS) is 17.7. The van der Waals surface area contributed by atoms with Crippen LogP contribution in [0.4, 0.5) is 0 Å². The van der Waals surface area contributed by atoms with Gasteiger partial charge in [-0.05, 0) is 60.4 Å². The molecule has 4 rings (SSSR count). The molecule has 0 spiro atoms. The van der Waals surface area contributed by atoms with Crippen LogP contribution in [0, 0.1) is 0 Å². The van der Waals surface area contributed by atoms with E-state index in [1.54, 1.807) is 17.4 Å². The lowest BCUT2D eigenvalue weighted by molar-refractivity contribution is -0.142. The topological polar surface area (TPSA) is 40.6 Å². The van der Waals surface area contributed by atoms with Gasteiger partial charge in [-0.25, -0.2) is 0 Å². The predicted molar refractivity (Wildman–Crippen MR) is 136 cm³/mol. The first-order valence-corrected chi connectivity index (χ1v) is 13.7. The first-order valence-electron chi connectivity index (χ1n) is 12.1. The maximum Gasteiger partial charge on any atom is 0.243 e. The summed E-state index contributed by atoms with van der Waals surface area (Å²) in [6.45, 7) is 2.97. The number of carbonyl (C=O) groups excluding carboxylic acids is 2. The highest BCUT2D eigenvalue weighted by atomic mass is 35.5. The summed E-state index contributed by atoms with van der Waals surface area (Å²) in [7, 11) is 0. The van der Waals surface area contributed by atoms with Gasteiger partial charge in [-0.15, -0.1) is 11.3 Å². The van der Waals surface area contributed by atoms with E-state index in [0.717, 1.165) is 43.2 Å². The van der Waals surface area contributed by atoms with Gasteiger partial charge in [-0.3, -0.25) is 9.59 Å². The zero-order chi connectivity index (χ0) is 23.4. The third-order valence-corrected chi connectivity index (χ3v) is 8.21. The van der Waals surface area contributed by atoms with Crippen LogP contribution in [0.15, 0.2) is 29.6 Å². The van der Waals surface area contributed by atoms with Crippen LogP contribution in [-0.4, -0.2) is 40.7 Å². The molecule has 4 nitrogen and oxygen atoms in total. The van der Waals surface area contributed by atoms with Crippen LogP contribution < -0.4 is 0 Å². The molecule has 178 valence electrons. The van der Waals surface area contributed by atoms with Gasteiger partial charge in [0.2, 0.25) is 11.8 Å². The van der Waals surface area contributed by atoms with E-state index in [1.807, 2.05) is 21.9 Å². The summed E-state index contributed by atoms with van der Waals surface area (Å²) in [5, 5.41) is 3.22. The number of benzene rings is 1. The van der Waals surface area contributed by atoms with Crippen LogP contribution >= 0.6 is 34.5 Å². The Morgan fingerprint density at radius 1 is 1.09 bits per heavy atom. The standard InChI is InChI=1S/C26H32Cl2N2O2S/c1-2-3-4-5-6-7-24(31)30(19-9-10-19)17-25(32)29-14-12-23-21(13-15-33-23)26(29)20-11-8-18(27)16-22(20)28/h8,11,13,15-16,19,26H,2-7,9-10,12,14,17H2,1H3. The minimum Gasteiger partial charge on any atom is -0.330 e. The number of hydrogen-bond acceptors (Lipinski definition) is 3. The molecular weight excluding hydrogens is 475 g/mol. The van der Waals surface area contributed by atoms with E-state index in [-0.39, 0.29) is 30.4 Å². The molecule has 1 aromatic carbocycles. The SMILES string of the molecule is CCCCCCCC(=O)N(CC(=O)N1CCc2sccc2C1c1ccc(Cl)cc1Cl)C1CC1. The second-order valence-electron chi connectivity index (χ2n) is 9.12. The van der Waals surface area contributed by atoms with E-state index >= 15 is 0 Å². The molecule has 1 aliphatic carbocycles. The van der Waals surface area contributed by atoms with Gasteiger partial charge in [0.05, 0.1) is 6.04 Å². The number of nitrogens with zero attached hydrogens (tertiary/aromatic N) is 2. The number of unbranched alkanes of at least 4 members (excludes halogenated alkanes) is 4. The summed E-state index contributed by atoms with van der Waals surface area (Å²) in [5.74, 6) is 0.116. The molecule has 0 radical (unpaired) electrons. The molecule has 2 heterocycles. The largest absolute Gasteiger partial charge is 0.330 e. The molecule has 2 aromatic rings. The van der Waals surface area contributed by atoms with Gasteiger partial charge in [0.25, 0.3) is 0 Å². The van der Waals surface area contributed by atoms with Crippen molar-refractivity contribution in [3.05, 3.63) is 55.7 Å². The molecule has 1 unspecified atom stereocenters. The number of amides is 2. The highest BCUT2D eigenvalue weighted by Gasteiger charge is 2.38. The molecule has 1 atom stereocenters. The highest BCUT2D eigenvalue weighted by Crippen LogP contribution is 2.41. The lowest BCUT2D eigenvalue weighted by atomic mass is 9.93. The molecule has 0 saturated heterocycles. The van der Waals surface area contributed by atoms with Crippen molar-refractivity contribution in [2.45, 2.75) is 76.8 Å². The first kappa shape index (κ1) is 24.6. The van der Waals surface area contributed by atoms with Crippen molar-refractivity contribution >= 4 is 46.4 Å². The average Bonchev–Trinajstić information content (AvgIpc) is 3.52. The van der Waals surface area contributed by atoms with E-state index in [0.29, 0.717) is 23.0 Å². The van der Waals surface area contributed by atoms with Gasteiger partial charge in [0.15, 0.2) is 0 Å². The number of hydrogen-bond donors (Lipinski definition) is 0. The van der Waals surface area contributed by atoms with Crippen molar-refractivity contribution in [2.75, 3.05) is 13.1 Å². The van der Waals surface area contributed by atoms with Gasteiger partial charge in [-0.2, -0.15) is 0 Å². The van der Waals surface area contributed by atoms with Crippen LogP contribution in [0.3, 0.4) is 0 Å². The molecule has 33 heavy (non-hydrogen) atoms. The summed E-state index contributed by atoms with van der Waals surface area (Å²) in [4.78, 5) is 31.7. The van der Waals surface area contributed by atoms with Crippen LogP contribution in [-0.2, 0) is 16.0 Å². The zero-order valence-corrected chi connectivity index (χ0v) is 21.5. The summed E-state index contributed by atoms with van der Waals surface area (Å²) in [6, 6.07) is 7.54. The number of thiophene rings is 1. The summed E-state index contributed by atoms with van der Waals surface area (Å²) in [6.07, 6.45) is 8.92. The maximum absolute atomic E-state index is 13.6. The van der Waals surface area contributed by atoms with Crippen molar-refractivity contribution in [2.24, 2.45) is 0 Å². The number of halogens is 2. The molecule has 1 fully saturated rings. The van der Waals surface area contributed by atoms with Gasteiger partial charge < -0.3 is 9.80 Å². The minimum absolute atomic E-state index is 0.00546. The third kappa shape index (κ3) is 5.93. The van der Waals surface area contributed by atoms with Crippen molar-refractivity contribution in [3.8, 4) is 0 Å². The molecule has 0 N–H and O–H groups in total. The maximum atomic E-state index is 13.6. The Bertz CT molecular complexity index is 988. The highest BCUT2D eigenvalue weighted by molar-refractivity contribution is 7.10. The van der Waals surface area contributed by atoms with Crippen molar-refractivity contribution in [3.63, 3.8) is 0 Å². The van der Waals surface area contributed by atoms with E-state index < -0.39 is 0 Å². The molecule has 7 heteroatoms. The molecule has 1 aromatic heterocycles. The Morgan fingerprint density at radius 3 is 2.61 bits per heavy atom. The van der Waals surface area contributed by atoms with Gasteiger partial charge in [0, 0.05) is 33.9 Å². The molecular formula is C26H32Cl2N2O2S. The van der Waals surface area contributed by atoms with Crippen LogP contribution in [0.5, 0.6) is 0 Å². The monoisotopic (exact) mass is 506 g/mol. The second kappa shape index (κ2) is 11.2. The number of fused-ring (bicyclic) bond motifs is 1. The lowest BCUT2D eigenvalue weighted by Gasteiger charge is -2.38. The van der Waals surface area contributed by atoms with Gasteiger partial charge in [0.1, 0.15) is 6.54 Å². The predicted octanol–water partition coefficient (Wildman–Crippen LogP) is 6.88. The fourth-order valence-corrected chi connectivity index (χ4v) is 6.13. The van der Waals surface area contributed by atoms with Gasteiger partial charge >= 0.3 is 0 Å². The molecule has 2 amide bonds. The van der Waals surface area contributed by atoms with Crippen LogP contribution in [0.25, 0.3) is 0 Å². The second-order valence-corrected chi connectivity index (χ2v) is 11.0. The van der Waals surface area contributed by atoms with E-state index in [9.17, 15) is 9.59 Å². The molecule has 1 aliphatic heterocycles. The van der Waals surface area contributed by atoms with Crippen molar-refractivity contribution < 1.29 is 9.59 Å². The Labute approximate surface area is 210 Å². The Balaban J connectivity index is 1.50. The first-order chi connectivity index (χ1) is 16.0. The summed E-state index contributed by atoms with van der Waals surface area (Å²) in [5.41, 5.74) is 2.01. The Hall–Kier alpha value is -1.56. The van der Waals surface area contributed by atoms with E-state index in [1.165, 1.54) is 24.1 Å². The number of carbonyl (C=O) groups is 2. The Kier molecular flexibility index (Phi) is 8.37. The van der Waals surface area contributed by atoms with E-state index in [4.69, 9.17) is 23.2 Å². The smallest absolute Gasteiger partial charge is 0.243 e. The zero-order valence-electron chi connectivity index (χ0n) is 19.2. The summed E-state index contributed by atoms with van der Waals surface area (Å²) < 4.78 is 0. The van der Waals surface area contributed by atoms with Crippen molar-refractivity contribution in [1.29, 1.82) is 0 Å². The number of rotatable bonds is 10. The fourth-order valence-electron chi connectivity index (χ4n) is 4.71. The fraction of sp³-hybridized carbons (Fsp3) is 0.538. The van der Waals surface area contributed by atoms with E-state index in [2.05, 4.69) is 18.4 Å². The van der Waals surface area contributed by atoms with Crippen molar-refractivity contribution in [1.82, 2.24) is 9.80 Å². The lowest BCUT2D eigenvalue weighted by Crippen LogP contribution is -2.47. The quantitative estimate of drug-likeness (QED) is 0.329. The van der Waals surface area contributed by atoms with Gasteiger partial charge in [-0.1, -0.05) is 61.9 Å². The summed E-state index contributed by atoms with van der Waals surface area (Å²) >= 11 is 14.5. The average molecular weight is 508 g/mol. The molecule has 0 bridgehead atoms. The Morgan fingerprint density at radius 2 is 1.88 bits per heavy atom. The molecule has 2 aliphatic rings. The van der Waals surface area contributed by atoms with Crippen LogP contribution in [0.2, 0.25) is 10.0 Å².